The first kappa shape index (κ1) is 11.5. The highest BCUT2D eigenvalue weighted by Gasteiger charge is 2.31. The zero-order valence-corrected chi connectivity index (χ0v) is 8.52. The summed E-state index contributed by atoms with van der Waals surface area (Å²) in [6.45, 7) is 0.528. The third-order valence-corrected chi connectivity index (χ3v) is 2.35. The van der Waals surface area contributed by atoms with E-state index in [1.807, 2.05) is 0 Å². The predicted octanol–water partition coefficient (Wildman–Crippen LogP) is -0.944. The number of hydrogen-bond acceptors (Lipinski definition) is 3. The molecule has 1 unspecified atom stereocenters. The molecule has 0 saturated carbocycles. The minimum atomic E-state index is -0.949. The van der Waals surface area contributed by atoms with E-state index in [4.69, 9.17) is 5.11 Å². The van der Waals surface area contributed by atoms with E-state index in [-0.39, 0.29) is 37.1 Å². The number of amides is 2. The molecule has 1 rings (SSSR count). The summed E-state index contributed by atoms with van der Waals surface area (Å²) in [7, 11) is 1.65. The number of likely N-dealkylation sites (tertiary alicyclic amines) is 1. The second kappa shape index (κ2) is 4.77. The fraction of sp³-hybridized carbons (Fsp3) is 0.667. The number of nitrogens with zero attached hydrogens (tertiary/aromatic N) is 1. The Bertz CT molecular complexity index is 290. The van der Waals surface area contributed by atoms with E-state index in [0.29, 0.717) is 6.54 Å². The second-order valence-electron chi connectivity index (χ2n) is 3.61. The first-order chi connectivity index (χ1) is 7.00. The lowest BCUT2D eigenvalue weighted by Crippen LogP contribution is -2.33. The number of carbonyl (C=O) groups excluding carboxylic acids is 2. The standard InChI is InChI=1S/C9H14N2O4/c1-11-5-6(4-7(11)12)9(15)10-3-2-8(13)14/h6H,2-5H2,1H3,(H,10,15)(H,13,14). The monoisotopic (exact) mass is 214 g/mol. The average Bonchev–Trinajstić information content (AvgIpc) is 2.46. The molecule has 0 radical (unpaired) electrons. The van der Waals surface area contributed by atoms with Crippen LogP contribution in [0, 0.1) is 5.92 Å². The van der Waals surface area contributed by atoms with Crippen LogP contribution >= 0.6 is 0 Å². The maximum absolute atomic E-state index is 11.4. The molecule has 0 aromatic heterocycles. The molecule has 2 N–H and O–H groups in total. The van der Waals surface area contributed by atoms with Gasteiger partial charge in [0.15, 0.2) is 0 Å². The number of carboxylic acids is 1. The van der Waals surface area contributed by atoms with Crippen LogP contribution in [0.3, 0.4) is 0 Å². The van der Waals surface area contributed by atoms with Gasteiger partial charge in [-0.2, -0.15) is 0 Å². The highest BCUT2D eigenvalue weighted by atomic mass is 16.4. The summed E-state index contributed by atoms with van der Waals surface area (Å²) in [5.74, 6) is -1.58. The summed E-state index contributed by atoms with van der Waals surface area (Å²) in [5.41, 5.74) is 0. The van der Waals surface area contributed by atoms with Crippen molar-refractivity contribution in [1.82, 2.24) is 10.2 Å². The van der Waals surface area contributed by atoms with E-state index in [1.165, 1.54) is 4.90 Å². The van der Waals surface area contributed by atoms with Crippen LogP contribution in [-0.2, 0) is 14.4 Å². The molecular formula is C9H14N2O4. The van der Waals surface area contributed by atoms with E-state index >= 15 is 0 Å². The molecule has 1 saturated heterocycles. The molecule has 1 aliphatic rings. The maximum Gasteiger partial charge on any atom is 0.305 e. The molecule has 0 spiro atoms. The van der Waals surface area contributed by atoms with Crippen LogP contribution in [0.5, 0.6) is 0 Å². The molecule has 2 amide bonds. The van der Waals surface area contributed by atoms with Crippen molar-refractivity contribution in [3.05, 3.63) is 0 Å². The van der Waals surface area contributed by atoms with Crippen molar-refractivity contribution in [1.29, 1.82) is 0 Å². The molecule has 0 bridgehead atoms. The van der Waals surface area contributed by atoms with Crippen molar-refractivity contribution in [2.75, 3.05) is 20.1 Å². The Morgan fingerprint density at radius 1 is 1.60 bits per heavy atom. The molecule has 0 aliphatic carbocycles. The van der Waals surface area contributed by atoms with E-state index in [1.54, 1.807) is 7.05 Å². The van der Waals surface area contributed by atoms with Gasteiger partial charge in [0, 0.05) is 26.6 Å². The summed E-state index contributed by atoms with van der Waals surface area (Å²) in [6, 6.07) is 0. The van der Waals surface area contributed by atoms with Crippen LogP contribution in [0.25, 0.3) is 0 Å². The average molecular weight is 214 g/mol. The number of aliphatic carboxylic acids is 1. The largest absolute Gasteiger partial charge is 0.481 e. The molecular weight excluding hydrogens is 200 g/mol. The van der Waals surface area contributed by atoms with Gasteiger partial charge in [-0.15, -0.1) is 0 Å². The van der Waals surface area contributed by atoms with Gasteiger partial charge in [-0.25, -0.2) is 0 Å². The first-order valence-corrected chi connectivity index (χ1v) is 4.74. The Morgan fingerprint density at radius 2 is 2.27 bits per heavy atom. The fourth-order valence-corrected chi connectivity index (χ4v) is 1.48. The van der Waals surface area contributed by atoms with Crippen molar-refractivity contribution in [2.45, 2.75) is 12.8 Å². The van der Waals surface area contributed by atoms with Crippen LogP contribution in [0.4, 0.5) is 0 Å². The molecule has 1 aliphatic heterocycles. The van der Waals surface area contributed by atoms with Crippen molar-refractivity contribution in [2.24, 2.45) is 5.92 Å². The Balaban J connectivity index is 2.29. The number of carbonyl (C=O) groups is 3. The molecule has 1 fully saturated rings. The van der Waals surface area contributed by atoms with Crippen molar-refractivity contribution in [3.8, 4) is 0 Å². The highest BCUT2D eigenvalue weighted by molar-refractivity contribution is 5.89. The zero-order chi connectivity index (χ0) is 11.4. The first-order valence-electron chi connectivity index (χ1n) is 4.74. The van der Waals surface area contributed by atoms with Gasteiger partial charge in [0.2, 0.25) is 11.8 Å². The van der Waals surface area contributed by atoms with Crippen LogP contribution in [-0.4, -0.2) is 47.9 Å². The number of nitrogens with one attached hydrogen (secondary N) is 1. The maximum atomic E-state index is 11.4. The lowest BCUT2D eigenvalue weighted by Gasteiger charge is -2.10. The minimum absolute atomic E-state index is 0.0478. The molecule has 6 nitrogen and oxygen atoms in total. The van der Waals surface area contributed by atoms with Crippen LogP contribution in [0.15, 0.2) is 0 Å². The van der Waals surface area contributed by atoms with E-state index < -0.39 is 5.97 Å². The quantitative estimate of drug-likeness (QED) is 0.632. The van der Waals surface area contributed by atoms with Crippen molar-refractivity contribution >= 4 is 17.8 Å². The second-order valence-corrected chi connectivity index (χ2v) is 3.61. The minimum Gasteiger partial charge on any atom is -0.481 e. The number of rotatable bonds is 4. The third-order valence-electron chi connectivity index (χ3n) is 2.35. The lowest BCUT2D eigenvalue weighted by atomic mass is 10.1. The smallest absolute Gasteiger partial charge is 0.305 e. The van der Waals surface area contributed by atoms with Gasteiger partial charge in [0.05, 0.1) is 12.3 Å². The molecule has 6 heteroatoms. The normalized spacial score (nSPS) is 20.5. The highest BCUT2D eigenvalue weighted by Crippen LogP contribution is 2.15. The van der Waals surface area contributed by atoms with Gasteiger partial charge in [0.25, 0.3) is 0 Å². The summed E-state index contributed by atoms with van der Waals surface area (Å²) >= 11 is 0. The Hall–Kier alpha value is -1.59. The van der Waals surface area contributed by atoms with Crippen molar-refractivity contribution in [3.63, 3.8) is 0 Å². The Kier molecular flexibility index (Phi) is 3.65. The van der Waals surface area contributed by atoms with Crippen molar-refractivity contribution < 1.29 is 19.5 Å². The van der Waals surface area contributed by atoms with E-state index in [0.717, 1.165) is 0 Å². The lowest BCUT2D eigenvalue weighted by molar-refractivity contribution is -0.137. The predicted molar refractivity (Wildman–Crippen MR) is 51.0 cm³/mol. The SMILES string of the molecule is CN1CC(C(=O)NCCC(=O)O)CC1=O. The van der Waals surface area contributed by atoms with Gasteiger partial charge < -0.3 is 15.3 Å². The summed E-state index contributed by atoms with van der Waals surface area (Å²) in [4.78, 5) is 34.3. The number of hydrogen-bond donors (Lipinski definition) is 2. The van der Waals surface area contributed by atoms with Gasteiger partial charge in [0.1, 0.15) is 0 Å². The van der Waals surface area contributed by atoms with E-state index in [9.17, 15) is 14.4 Å². The molecule has 1 heterocycles. The molecule has 0 aromatic rings. The Morgan fingerprint density at radius 3 is 2.73 bits per heavy atom. The molecule has 15 heavy (non-hydrogen) atoms. The third kappa shape index (κ3) is 3.23. The van der Waals surface area contributed by atoms with Gasteiger partial charge in [-0.05, 0) is 0 Å². The molecule has 84 valence electrons. The topological polar surface area (TPSA) is 86.7 Å². The summed E-state index contributed by atoms with van der Waals surface area (Å²) in [6.07, 6.45) is 0.123. The van der Waals surface area contributed by atoms with Crippen LogP contribution in [0.2, 0.25) is 0 Å². The van der Waals surface area contributed by atoms with Crippen LogP contribution in [0.1, 0.15) is 12.8 Å². The van der Waals surface area contributed by atoms with Gasteiger partial charge in [-0.1, -0.05) is 0 Å². The fourth-order valence-electron chi connectivity index (χ4n) is 1.48. The Labute approximate surface area is 87.2 Å². The summed E-state index contributed by atoms with van der Waals surface area (Å²) < 4.78 is 0. The zero-order valence-electron chi connectivity index (χ0n) is 8.52. The van der Waals surface area contributed by atoms with Gasteiger partial charge >= 0.3 is 5.97 Å². The van der Waals surface area contributed by atoms with Gasteiger partial charge in [-0.3, -0.25) is 14.4 Å². The summed E-state index contributed by atoms with van der Waals surface area (Å²) in [5, 5.41) is 10.9. The molecule has 1 atom stereocenters. The molecule has 0 aromatic carbocycles. The van der Waals surface area contributed by atoms with Crippen LogP contribution < -0.4 is 5.32 Å². The number of carboxylic acid groups (broad SMARTS) is 1. The van der Waals surface area contributed by atoms with E-state index in [2.05, 4.69) is 5.32 Å².